The lowest BCUT2D eigenvalue weighted by atomic mass is 10.1. The SMILES string of the molecule is Cc1cccc(COc2ccc(C=NNC(=O)C(C)NC(=O)c3ccccc3Br)cc2)c1. The average molecular weight is 494 g/mol. The van der Waals surface area contributed by atoms with Crippen molar-refractivity contribution in [1.29, 1.82) is 0 Å². The Hall–Kier alpha value is -3.45. The molecule has 0 aliphatic heterocycles. The normalized spacial score (nSPS) is 11.7. The van der Waals surface area contributed by atoms with Crippen molar-refractivity contribution in [2.75, 3.05) is 0 Å². The summed E-state index contributed by atoms with van der Waals surface area (Å²) in [5.41, 5.74) is 6.01. The van der Waals surface area contributed by atoms with Gasteiger partial charge in [-0.3, -0.25) is 9.59 Å². The van der Waals surface area contributed by atoms with Crippen LogP contribution in [0.25, 0.3) is 0 Å². The summed E-state index contributed by atoms with van der Waals surface area (Å²) in [7, 11) is 0. The predicted molar refractivity (Wildman–Crippen MR) is 129 cm³/mol. The Kier molecular flexibility index (Phi) is 8.16. The van der Waals surface area contributed by atoms with Crippen LogP contribution in [0.4, 0.5) is 0 Å². The number of halogens is 1. The van der Waals surface area contributed by atoms with Crippen LogP contribution in [0.2, 0.25) is 0 Å². The van der Waals surface area contributed by atoms with Gasteiger partial charge >= 0.3 is 0 Å². The zero-order valence-electron chi connectivity index (χ0n) is 17.8. The minimum atomic E-state index is -0.746. The van der Waals surface area contributed by atoms with Crippen LogP contribution < -0.4 is 15.5 Å². The molecule has 0 spiro atoms. The van der Waals surface area contributed by atoms with Crippen LogP contribution in [-0.2, 0) is 11.4 Å². The number of carbonyl (C=O) groups is 2. The maximum atomic E-state index is 12.3. The molecule has 0 aliphatic rings. The molecule has 0 radical (unpaired) electrons. The molecule has 3 aromatic rings. The summed E-state index contributed by atoms with van der Waals surface area (Å²) >= 11 is 3.33. The molecule has 6 nitrogen and oxygen atoms in total. The third-order valence-corrected chi connectivity index (χ3v) is 5.31. The second-order valence-electron chi connectivity index (χ2n) is 7.26. The highest BCUT2D eigenvalue weighted by atomic mass is 79.9. The Morgan fingerprint density at radius 2 is 1.81 bits per heavy atom. The maximum Gasteiger partial charge on any atom is 0.262 e. The minimum absolute atomic E-state index is 0.342. The Morgan fingerprint density at radius 1 is 1.06 bits per heavy atom. The van der Waals surface area contributed by atoms with Crippen LogP contribution in [0.5, 0.6) is 5.75 Å². The smallest absolute Gasteiger partial charge is 0.262 e. The van der Waals surface area contributed by atoms with Crippen LogP contribution in [0.3, 0.4) is 0 Å². The lowest BCUT2D eigenvalue weighted by Gasteiger charge is -2.12. The molecule has 2 amide bonds. The Morgan fingerprint density at radius 3 is 2.53 bits per heavy atom. The zero-order chi connectivity index (χ0) is 22.9. The van der Waals surface area contributed by atoms with Crippen molar-refractivity contribution in [2.45, 2.75) is 26.5 Å². The summed E-state index contributed by atoms with van der Waals surface area (Å²) in [6.07, 6.45) is 1.53. The topological polar surface area (TPSA) is 79.8 Å². The highest BCUT2D eigenvalue weighted by Crippen LogP contribution is 2.16. The summed E-state index contributed by atoms with van der Waals surface area (Å²) in [5.74, 6) is -0.0128. The van der Waals surface area contributed by atoms with Gasteiger partial charge in [0.1, 0.15) is 18.4 Å². The molecule has 0 saturated heterocycles. The van der Waals surface area contributed by atoms with E-state index < -0.39 is 11.9 Å². The van der Waals surface area contributed by atoms with Crippen LogP contribution in [0, 0.1) is 6.92 Å². The first-order valence-electron chi connectivity index (χ1n) is 10.1. The van der Waals surface area contributed by atoms with E-state index in [1.54, 1.807) is 25.1 Å². The quantitative estimate of drug-likeness (QED) is 0.355. The van der Waals surface area contributed by atoms with Crippen molar-refractivity contribution in [1.82, 2.24) is 10.7 Å². The molecule has 32 heavy (non-hydrogen) atoms. The van der Waals surface area contributed by atoms with E-state index in [4.69, 9.17) is 4.74 Å². The van der Waals surface area contributed by atoms with Gasteiger partial charge in [-0.15, -0.1) is 0 Å². The lowest BCUT2D eigenvalue weighted by molar-refractivity contribution is -0.122. The van der Waals surface area contributed by atoms with Gasteiger partial charge in [-0.25, -0.2) is 5.43 Å². The molecule has 1 unspecified atom stereocenters. The summed E-state index contributed by atoms with van der Waals surface area (Å²) < 4.78 is 6.46. The third-order valence-electron chi connectivity index (χ3n) is 4.62. The van der Waals surface area contributed by atoms with Crippen LogP contribution in [0.15, 0.2) is 82.4 Å². The highest BCUT2D eigenvalue weighted by molar-refractivity contribution is 9.10. The van der Waals surface area contributed by atoms with Crippen LogP contribution in [0.1, 0.15) is 34.0 Å². The molecule has 2 N–H and O–H groups in total. The van der Waals surface area contributed by atoms with Gasteiger partial charge < -0.3 is 10.1 Å². The lowest BCUT2D eigenvalue weighted by Crippen LogP contribution is -2.43. The molecule has 0 aromatic heterocycles. The van der Waals surface area contributed by atoms with Gasteiger partial charge in [-0.2, -0.15) is 5.10 Å². The van der Waals surface area contributed by atoms with E-state index in [1.807, 2.05) is 55.5 Å². The number of rotatable bonds is 8. The van der Waals surface area contributed by atoms with Crippen molar-refractivity contribution >= 4 is 34.0 Å². The van der Waals surface area contributed by atoms with E-state index in [0.29, 0.717) is 16.6 Å². The largest absolute Gasteiger partial charge is 0.489 e. The summed E-state index contributed by atoms with van der Waals surface area (Å²) in [6, 6.07) is 21.8. The molecular formula is C25H24BrN3O3. The maximum absolute atomic E-state index is 12.3. The fourth-order valence-corrected chi connectivity index (χ4v) is 3.34. The Balaban J connectivity index is 1.47. The first-order chi connectivity index (χ1) is 15.4. The van der Waals surface area contributed by atoms with Gasteiger partial charge in [0.2, 0.25) is 0 Å². The fraction of sp³-hybridized carbons (Fsp3) is 0.160. The number of benzene rings is 3. The number of hydrogen-bond donors (Lipinski definition) is 2. The Labute approximate surface area is 195 Å². The highest BCUT2D eigenvalue weighted by Gasteiger charge is 2.17. The number of nitrogens with one attached hydrogen (secondary N) is 2. The van der Waals surface area contributed by atoms with Gasteiger partial charge in [0.25, 0.3) is 11.8 Å². The number of nitrogens with zero attached hydrogens (tertiary/aromatic N) is 1. The first kappa shape index (κ1) is 23.2. The van der Waals surface area contributed by atoms with Crippen molar-refractivity contribution in [2.24, 2.45) is 5.10 Å². The molecule has 0 fully saturated rings. The van der Waals surface area contributed by atoms with E-state index in [9.17, 15) is 9.59 Å². The first-order valence-corrected chi connectivity index (χ1v) is 10.9. The van der Waals surface area contributed by atoms with Gasteiger partial charge in [-0.1, -0.05) is 42.0 Å². The van der Waals surface area contributed by atoms with Gasteiger partial charge in [0.05, 0.1) is 11.8 Å². The van der Waals surface area contributed by atoms with Gasteiger partial charge in [0, 0.05) is 4.47 Å². The summed E-state index contributed by atoms with van der Waals surface area (Å²) in [6.45, 7) is 4.14. The number of hydrogen-bond acceptors (Lipinski definition) is 4. The number of ether oxygens (including phenoxy) is 1. The summed E-state index contributed by atoms with van der Waals surface area (Å²) in [4.78, 5) is 24.5. The van der Waals surface area contributed by atoms with Crippen molar-refractivity contribution < 1.29 is 14.3 Å². The molecule has 7 heteroatoms. The van der Waals surface area contributed by atoms with E-state index >= 15 is 0 Å². The van der Waals surface area contributed by atoms with Crippen LogP contribution in [-0.4, -0.2) is 24.1 Å². The minimum Gasteiger partial charge on any atom is -0.489 e. The zero-order valence-corrected chi connectivity index (χ0v) is 19.4. The molecule has 0 bridgehead atoms. The monoisotopic (exact) mass is 493 g/mol. The number of aryl methyl sites for hydroxylation is 1. The molecule has 3 rings (SSSR count). The van der Waals surface area contributed by atoms with E-state index in [2.05, 4.69) is 37.8 Å². The molecule has 3 aromatic carbocycles. The van der Waals surface area contributed by atoms with Crippen molar-refractivity contribution in [3.63, 3.8) is 0 Å². The number of amides is 2. The molecular weight excluding hydrogens is 470 g/mol. The number of carbonyl (C=O) groups excluding carboxylic acids is 2. The molecule has 0 saturated carbocycles. The molecule has 0 heterocycles. The molecule has 0 aliphatic carbocycles. The average Bonchev–Trinajstić information content (AvgIpc) is 2.78. The van der Waals surface area contributed by atoms with E-state index in [1.165, 1.54) is 11.8 Å². The second kappa shape index (κ2) is 11.2. The Bertz CT molecular complexity index is 1110. The van der Waals surface area contributed by atoms with E-state index in [0.717, 1.165) is 16.9 Å². The van der Waals surface area contributed by atoms with Gasteiger partial charge in [0.15, 0.2) is 0 Å². The van der Waals surface area contributed by atoms with E-state index in [-0.39, 0.29) is 5.91 Å². The van der Waals surface area contributed by atoms with Crippen LogP contribution >= 0.6 is 15.9 Å². The van der Waals surface area contributed by atoms with Gasteiger partial charge in [-0.05, 0) is 77.3 Å². The molecule has 1 atom stereocenters. The van der Waals surface area contributed by atoms with Crippen molar-refractivity contribution in [3.05, 3.63) is 99.5 Å². The fourth-order valence-electron chi connectivity index (χ4n) is 2.87. The third kappa shape index (κ3) is 6.78. The standard InChI is InChI=1S/C25H24BrN3O3/c1-17-6-5-7-20(14-17)16-32-21-12-10-19(11-13-21)15-27-29-24(30)18(2)28-25(31)22-8-3-4-9-23(22)26/h3-15,18H,16H2,1-2H3,(H,28,31)(H,29,30). The molecule has 164 valence electrons. The van der Waals surface area contributed by atoms with Crippen molar-refractivity contribution in [3.8, 4) is 5.75 Å². The number of hydrazone groups is 1. The summed E-state index contributed by atoms with van der Waals surface area (Å²) in [5, 5.41) is 6.62. The second-order valence-corrected chi connectivity index (χ2v) is 8.11. The predicted octanol–water partition coefficient (Wildman–Crippen LogP) is 4.61.